The molecule has 1 atom stereocenters. The number of hydrogen-bond donors (Lipinski definition) is 2. The molecule has 2 N–H and O–H groups in total. The number of amidine groups is 1. The van der Waals surface area contributed by atoms with E-state index in [0.717, 1.165) is 5.56 Å². The van der Waals surface area contributed by atoms with Crippen LogP contribution >= 0.6 is 0 Å². The van der Waals surface area contributed by atoms with Crippen molar-refractivity contribution < 1.29 is 19.1 Å². The summed E-state index contributed by atoms with van der Waals surface area (Å²) in [5, 5.41) is 4.13. The number of benzene rings is 2. The lowest BCUT2D eigenvalue weighted by Crippen LogP contribution is -2.57. The Kier molecular flexibility index (Phi) is 5.78. The summed E-state index contributed by atoms with van der Waals surface area (Å²) in [6.45, 7) is 1.92. The molecule has 1 aliphatic heterocycles. The van der Waals surface area contributed by atoms with Gasteiger partial charge < -0.3 is 14.8 Å². The Morgan fingerprint density at radius 3 is 2.54 bits per heavy atom. The van der Waals surface area contributed by atoms with Gasteiger partial charge in [-0.1, -0.05) is 24.3 Å². The Hall–Kier alpha value is -3.55. The fourth-order valence-corrected chi connectivity index (χ4v) is 2.76. The van der Waals surface area contributed by atoms with Crippen molar-refractivity contribution in [3.8, 4) is 11.5 Å². The maximum atomic E-state index is 12.6. The van der Waals surface area contributed by atoms with Crippen molar-refractivity contribution in [1.82, 2.24) is 10.7 Å². The summed E-state index contributed by atoms with van der Waals surface area (Å²) in [6, 6.07) is 13.8. The summed E-state index contributed by atoms with van der Waals surface area (Å²) in [7, 11) is 3.12. The summed E-state index contributed by atoms with van der Waals surface area (Å²) in [5.41, 5.74) is 4.28. The number of nitrogens with zero attached hydrogens (tertiary/aromatic N) is 2. The van der Waals surface area contributed by atoms with Crippen LogP contribution in [0.3, 0.4) is 0 Å². The molecule has 8 heteroatoms. The minimum Gasteiger partial charge on any atom is -0.493 e. The van der Waals surface area contributed by atoms with Gasteiger partial charge in [-0.25, -0.2) is 10.0 Å². The van der Waals surface area contributed by atoms with Gasteiger partial charge in [-0.15, -0.1) is 0 Å². The van der Waals surface area contributed by atoms with Crippen molar-refractivity contribution in [2.24, 2.45) is 4.99 Å². The number of anilines is 1. The molecule has 0 saturated carbocycles. The third-order valence-corrected chi connectivity index (χ3v) is 4.25. The zero-order valence-corrected chi connectivity index (χ0v) is 15.9. The van der Waals surface area contributed by atoms with Gasteiger partial charge in [0.2, 0.25) is 5.84 Å². The zero-order valence-electron chi connectivity index (χ0n) is 15.9. The Morgan fingerprint density at radius 1 is 1.14 bits per heavy atom. The predicted molar refractivity (Wildman–Crippen MR) is 105 cm³/mol. The lowest BCUT2D eigenvalue weighted by atomic mass is 10.2. The van der Waals surface area contributed by atoms with Crippen LogP contribution in [0.2, 0.25) is 0 Å². The van der Waals surface area contributed by atoms with Crippen molar-refractivity contribution in [3.63, 3.8) is 0 Å². The quantitative estimate of drug-likeness (QED) is 0.793. The van der Waals surface area contributed by atoms with E-state index >= 15 is 0 Å². The van der Waals surface area contributed by atoms with Gasteiger partial charge in [0.15, 0.2) is 11.5 Å². The number of methoxy groups -OCH3 is 2. The topological polar surface area (TPSA) is 92.3 Å². The van der Waals surface area contributed by atoms with E-state index in [1.165, 1.54) is 5.01 Å². The standard InChI is InChI=1S/C20H22N4O4/c1-13-20(26)24(15-7-5-4-6-8-15)23-18(22-13)19(25)21-12-14-9-10-16(27-2)17(11-14)28-3/h4-11,13H,12H2,1-3H3,(H,21,25)(H,22,23). The van der Waals surface area contributed by atoms with Gasteiger partial charge in [-0.3, -0.25) is 15.0 Å². The molecule has 146 valence electrons. The van der Waals surface area contributed by atoms with E-state index in [1.807, 2.05) is 24.3 Å². The number of aliphatic imine (C=N–C) groups is 1. The number of amides is 2. The van der Waals surface area contributed by atoms with Crippen LogP contribution in [0, 0.1) is 0 Å². The average molecular weight is 382 g/mol. The molecule has 0 spiro atoms. The molecule has 0 radical (unpaired) electrons. The van der Waals surface area contributed by atoms with Crippen molar-refractivity contribution in [2.45, 2.75) is 19.5 Å². The third-order valence-electron chi connectivity index (χ3n) is 4.25. The summed E-state index contributed by atoms with van der Waals surface area (Å²) in [6.07, 6.45) is 0. The van der Waals surface area contributed by atoms with Gasteiger partial charge in [0, 0.05) is 6.54 Å². The Balaban J connectivity index is 1.70. The van der Waals surface area contributed by atoms with Crippen molar-refractivity contribution in [3.05, 3.63) is 54.1 Å². The molecule has 0 aromatic heterocycles. The van der Waals surface area contributed by atoms with Crippen LogP contribution in [0.15, 0.2) is 53.5 Å². The molecule has 0 aliphatic carbocycles. The fourth-order valence-electron chi connectivity index (χ4n) is 2.76. The zero-order chi connectivity index (χ0) is 20.1. The highest BCUT2D eigenvalue weighted by Gasteiger charge is 2.30. The molecular weight excluding hydrogens is 360 g/mol. The van der Waals surface area contributed by atoms with Gasteiger partial charge in [0.25, 0.3) is 11.8 Å². The normalized spacial score (nSPS) is 16.1. The van der Waals surface area contributed by atoms with Crippen molar-refractivity contribution >= 4 is 23.3 Å². The molecular formula is C20H22N4O4. The van der Waals surface area contributed by atoms with Gasteiger partial charge in [0.05, 0.1) is 19.9 Å². The van der Waals surface area contributed by atoms with E-state index in [0.29, 0.717) is 17.2 Å². The fraction of sp³-hybridized carbons (Fsp3) is 0.250. The van der Waals surface area contributed by atoms with Crippen molar-refractivity contribution in [2.75, 3.05) is 19.2 Å². The van der Waals surface area contributed by atoms with Crippen LogP contribution < -0.4 is 25.2 Å². The molecule has 2 aromatic carbocycles. The molecule has 0 saturated heterocycles. The molecule has 1 unspecified atom stereocenters. The molecule has 3 rings (SSSR count). The molecule has 0 bridgehead atoms. The number of para-hydroxylation sites is 1. The van der Waals surface area contributed by atoms with Crippen LogP contribution in [0.25, 0.3) is 0 Å². The second kappa shape index (κ2) is 8.43. The van der Waals surface area contributed by atoms with Gasteiger partial charge in [-0.05, 0) is 36.8 Å². The Morgan fingerprint density at radius 2 is 1.86 bits per heavy atom. The molecule has 2 amide bonds. The van der Waals surface area contributed by atoms with E-state index in [1.54, 1.807) is 45.4 Å². The predicted octanol–water partition coefficient (Wildman–Crippen LogP) is 1.66. The maximum absolute atomic E-state index is 12.6. The number of carbonyl (C=O) groups is 2. The highest BCUT2D eigenvalue weighted by molar-refractivity contribution is 6.39. The smallest absolute Gasteiger partial charge is 0.288 e. The minimum atomic E-state index is -0.664. The Labute approximate surface area is 163 Å². The van der Waals surface area contributed by atoms with E-state index in [-0.39, 0.29) is 18.3 Å². The third kappa shape index (κ3) is 4.06. The number of hydrogen-bond acceptors (Lipinski definition) is 6. The summed E-state index contributed by atoms with van der Waals surface area (Å²) in [4.78, 5) is 29.2. The highest BCUT2D eigenvalue weighted by atomic mass is 16.5. The van der Waals surface area contributed by atoms with E-state index < -0.39 is 11.9 Å². The van der Waals surface area contributed by atoms with E-state index in [9.17, 15) is 9.59 Å². The Bertz CT molecular complexity index is 898. The maximum Gasteiger partial charge on any atom is 0.288 e. The monoisotopic (exact) mass is 382 g/mol. The number of hydrazine groups is 1. The van der Waals surface area contributed by atoms with Gasteiger partial charge in [-0.2, -0.15) is 0 Å². The number of ether oxygens (including phenoxy) is 2. The highest BCUT2D eigenvalue weighted by Crippen LogP contribution is 2.27. The lowest BCUT2D eigenvalue weighted by Gasteiger charge is -2.30. The number of carbonyl (C=O) groups excluding carboxylic acids is 2. The van der Waals surface area contributed by atoms with Crippen LogP contribution in [0.1, 0.15) is 12.5 Å². The molecule has 2 aromatic rings. The summed E-state index contributed by atoms with van der Waals surface area (Å²) in [5.74, 6) is 0.632. The summed E-state index contributed by atoms with van der Waals surface area (Å²) >= 11 is 0. The first-order valence-corrected chi connectivity index (χ1v) is 8.76. The van der Waals surface area contributed by atoms with Gasteiger partial charge >= 0.3 is 0 Å². The van der Waals surface area contributed by atoms with Gasteiger partial charge in [0.1, 0.15) is 6.04 Å². The lowest BCUT2D eigenvalue weighted by molar-refractivity contribution is -0.120. The first kappa shape index (κ1) is 19.2. The van der Waals surface area contributed by atoms with Crippen LogP contribution in [0.4, 0.5) is 5.69 Å². The van der Waals surface area contributed by atoms with Crippen molar-refractivity contribution in [1.29, 1.82) is 0 Å². The van der Waals surface area contributed by atoms with Crippen LogP contribution in [-0.4, -0.2) is 37.9 Å². The molecule has 0 fully saturated rings. The molecule has 8 nitrogen and oxygen atoms in total. The minimum absolute atomic E-state index is 0.0800. The second-order valence-corrected chi connectivity index (χ2v) is 6.15. The molecule has 1 heterocycles. The molecule has 28 heavy (non-hydrogen) atoms. The molecule has 1 aliphatic rings. The SMILES string of the molecule is COc1ccc(CNC(=O)C2=NC(C)C(=O)N(c3ccccc3)N2)cc1OC. The van der Waals surface area contributed by atoms with Crippen LogP contribution in [0.5, 0.6) is 11.5 Å². The second-order valence-electron chi connectivity index (χ2n) is 6.15. The van der Waals surface area contributed by atoms with Crippen LogP contribution in [-0.2, 0) is 16.1 Å². The first-order chi connectivity index (χ1) is 13.5. The van der Waals surface area contributed by atoms with E-state index in [2.05, 4.69) is 15.7 Å². The first-order valence-electron chi connectivity index (χ1n) is 8.76. The largest absolute Gasteiger partial charge is 0.493 e. The summed E-state index contributed by atoms with van der Waals surface area (Å²) < 4.78 is 10.5. The number of rotatable bonds is 6. The average Bonchev–Trinajstić information content (AvgIpc) is 2.74. The number of nitrogens with one attached hydrogen (secondary N) is 2. The van der Waals surface area contributed by atoms with E-state index in [4.69, 9.17) is 9.47 Å².